The van der Waals surface area contributed by atoms with Gasteiger partial charge in [-0.25, -0.2) is 0 Å². The van der Waals surface area contributed by atoms with Gasteiger partial charge in [0.15, 0.2) is 23.0 Å². The third-order valence-corrected chi connectivity index (χ3v) is 13.8. The van der Waals surface area contributed by atoms with Crippen molar-refractivity contribution in [3.8, 4) is 56.0 Å². The van der Waals surface area contributed by atoms with Gasteiger partial charge in [0.25, 0.3) is 0 Å². The first-order valence-electron chi connectivity index (χ1n) is 22.1. The van der Waals surface area contributed by atoms with Gasteiger partial charge in [0.05, 0.1) is 11.1 Å². The van der Waals surface area contributed by atoms with Crippen LogP contribution in [0.4, 0.5) is 17.1 Å². The van der Waals surface area contributed by atoms with Gasteiger partial charge in [0.2, 0.25) is 0 Å². The van der Waals surface area contributed by atoms with E-state index in [-0.39, 0.29) is 17.3 Å². The Balaban J connectivity index is 0.905. The van der Waals surface area contributed by atoms with E-state index in [1.807, 2.05) is 0 Å². The van der Waals surface area contributed by atoms with Gasteiger partial charge in [-0.05, 0) is 115 Å². The van der Waals surface area contributed by atoms with Crippen LogP contribution in [0.25, 0.3) is 44.5 Å². The molecule has 9 aromatic carbocycles. The molecule has 3 heteroatoms. The largest absolute Gasteiger partial charge is 0.450 e. The summed E-state index contributed by atoms with van der Waals surface area (Å²) in [6, 6.07) is 80.8. The molecule has 3 nitrogen and oxygen atoms in total. The maximum atomic E-state index is 6.99. The predicted octanol–water partition coefficient (Wildman–Crippen LogP) is 15.4. The van der Waals surface area contributed by atoms with Crippen molar-refractivity contribution in [2.24, 2.45) is 5.92 Å². The van der Waals surface area contributed by atoms with Gasteiger partial charge < -0.3 is 14.4 Å². The van der Waals surface area contributed by atoms with Gasteiger partial charge in [-0.3, -0.25) is 0 Å². The van der Waals surface area contributed by atoms with Crippen LogP contribution in [0.1, 0.15) is 28.2 Å². The van der Waals surface area contributed by atoms with Crippen molar-refractivity contribution >= 4 is 17.1 Å². The van der Waals surface area contributed by atoms with Crippen molar-refractivity contribution < 1.29 is 9.47 Å². The maximum absolute atomic E-state index is 6.99. The Labute approximate surface area is 373 Å². The third kappa shape index (κ3) is 5.60. The second-order valence-electron chi connectivity index (χ2n) is 17.2. The maximum Gasteiger partial charge on any atom is 0.172 e. The Bertz CT molecular complexity index is 3300. The molecule has 2 unspecified atom stereocenters. The molecule has 3 aliphatic carbocycles. The Kier molecular flexibility index (Phi) is 8.26. The molecule has 0 saturated carbocycles. The minimum absolute atomic E-state index is 0.101. The van der Waals surface area contributed by atoms with Gasteiger partial charge in [-0.15, -0.1) is 0 Å². The highest BCUT2D eigenvalue weighted by molar-refractivity contribution is 5.87. The summed E-state index contributed by atoms with van der Waals surface area (Å²) in [5.41, 5.74) is 17.7. The van der Waals surface area contributed by atoms with Crippen molar-refractivity contribution in [2.45, 2.75) is 11.3 Å². The molecular weight excluding hydrogens is 779 g/mol. The van der Waals surface area contributed by atoms with Crippen LogP contribution in [0, 0.1) is 5.92 Å². The van der Waals surface area contributed by atoms with E-state index >= 15 is 0 Å². The number of ether oxygens (including phenoxy) is 2. The molecule has 4 aliphatic rings. The zero-order valence-corrected chi connectivity index (χ0v) is 34.9. The lowest BCUT2D eigenvalue weighted by Crippen LogP contribution is -2.34. The summed E-state index contributed by atoms with van der Waals surface area (Å²) in [7, 11) is 0. The molecule has 1 heterocycles. The van der Waals surface area contributed by atoms with Crippen LogP contribution >= 0.6 is 0 Å². The van der Waals surface area contributed by atoms with Crippen LogP contribution in [-0.4, -0.2) is 0 Å². The van der Waals surface area contributed by atoms with E-state index in [2.05, 4.69) is 242 Å². The van der Waals surface area contributed by atoms with E-state index < -0.39 is 0 Å². The zero-order valence-electron chi connectivity index (χ0n) is 34.9. The van der Waals surface area contributed by atoms with Crippen LogP contribution in [0.15, 0.2) is 248 Å². The molecule has 2 atom stereocenters. The standard InChI is InChI=1S/C61H41NO2/c1-3-15-40(16-4-1)42-29-31-43(32-30-42)45-20-14-22-47(36-45)62(46-21-13-19-44(35-46)41-17-5-2-6-18-41)48-33-34-57-58(37-48)64-59-38-52-51-25-9-12-28-55(51)61(56(52)39-60(59)63-57)53-26-10-7-23-49(53)50-24-8-11-27-54(50)61/h1-39,52,56H. The first kappa shape index (κ1) is 36.5. The SMILES string of the molecule is C1=C2Oc3ccc(N(c4cccc(-c5ccccc5)c4)c4cccc(-c5ccc(-c6ccccc6)cc5)c4)cc3OC2=CC2c3ccccc3C3(c4ccccc4-c4ccccc43)C12. The molecule has 0 amide bonds. The lowest BCUT2D eigenvalue weighted by molar-refractivity contribution is 0.276. The third-order valence-electron chi connectivity index (χ3n) is 13.8. The monoisotopic (exact) mass is 819 g/mol. The Morgan fingerprint density at radius 3 is 1.45 bits per heavy atom. The minimum Gasteiger partial charge on any atom is -0.450 e. The molecule has 0 fully saturated rings. The van der Waals surface area contributed by atoms with Crippen LogP contribution in [0.5, 0.6) is 11.5 Å². The molecule has 0 aromatic heterocycles. The summed E-state index contributed by atoms with van der Waals surface area (Å²) < 4.78 is 13.9. The van der Waals surface area contributed by atoms with Gasteiger partial charge in [-0.2, -0.15) is 0 Å². The summed E-state index contributed by atoms with van der Waals surface area (Å²) >= 11 is 0. The quantitative estimate of drug-likeness (QED) is 0.167. The average Bonchev–Trinajstić information content (AvgIpc) is 3.83. The predicted molar refractivity (Wildman–Crippen MR) is 259 cm³/mol. The van der Waals surface area contributed by atoms with E-state index in [1.54, 1.807) is 0 Å². The van der Waals surface area contributed by atoms with Crippen molar-refractivity contribution in [1.82, 2.24) is 0 Å². The molecule has 1 aliphatic heterocycles. The molecule has 64 heavy (non-hydrogen) atoms. The smallest absolute Gasteiger partial charge is 0.172 e. The van der Waals surface area contributed by atoms with E-state index in [4.69, 9.17) is 9.47 Å². The van der Waals surface area contributed by atoms with Crippen molar-refractivity contribution in [3.63, 3.8) is 0 Å². The highest BCUT2D eigenvalue weighted by Gasteiger charge is 2.58. The van der Waals surface area contributed by atoms with Gasteiger partial charge in [-0.1, -0.05) is 182 Å². The lowest BCUT2D eigenvalue weighted by atomic mass is 9.65. The number of allylic oxidation sites excluding steroid dienone is 2. The Morgan fingerprint density at radius 2 is 0.812 bits per heavy atom. The number of rotatable bonds is 6. The number of benzene rings is 9. The molecular formula is C61H41NO2. The van der Waals surface area contributed by atoms with Crippen LogP contribution < -0.4 is 14.4 Å². The van der Waals surface area contributed by atoms with Gasteiger partial charge in [0.1, 0.15) is 0 Å². The Hall–Kier alpha value is -8.14. The van der Waals surface area contributed by atoms with Crippen molar-refractivity contribution in [1.29, 1.82) is 0 Å². The summed E-state index contributed by atoms with van der Waals surface area (Å²) in [5.74, 6) is 3.13. The number of fused-ring (bicyclic) bond motifs is 12. The topological polar surface area (TPSA) is 21.7 Å². The van der Waals surface area contributed by atoms with Gasteiger partial charge in [0, 0.05) is 29.3 Å². The normalized spacial score (nSPS) is 16.7. The molecule has 0 saturated heterocycles. The van der Waals surface area contributed by atoms with Gasteiger partial charge >= 0.3 is 0 Å². The van der Waals surface area contributed by atoms with E-state index in [1.165, 1.54) is 50.1 Å². The van der Waals surface area contributed by atoms with Crippen LogP contribution in [0.3, 0.4) is 0 Å². The summed E-state index contributed by atoms with van der Waals surface area (Å²) in [6.45, 7) is 0. The van der Waals surface area contributed by atoms with Crippen molar-refractivity contribution in [2.75, 3.05) is 4.90 Å². The fourth-order valence-corrected chi connectivity index (χ4v) is 11.0. The molecule has 9 aromatic rings. The van der Waals surface area contributed by atoms with Crippen LogP contribution in [0.2, 0.25) is 0 Å². The number of hydrogen-bond donors (Lipinski definition) is 0. The molecule has 13 rings (SSSR count). The first-order valence-corrected chi connectivity index (χ1v) is 22.1. The molecule has 0 radical (unpaired) electrons. The second kappa shape index (κ2) is 14.5. The minimum atomic E-state index is -0.343. The summed E-state index contributed by atoms with van der Waals surface area (Å²) in [4.78, 5) is 2.32. The van der Waals surface area contributed by atoms with E-state index in [0.29, 0.717) is 11.5 Å². The zero-order chi connectivity index (χ0) is 42.2. The van der Waals surface area contributed by atoms with Crippen molar-refractivity contribution in [3.05, 3.63) is 270 Å². The van der Waals surface area contributed by atoms with E-state index in [0.717, 1.165) is 45.3 Å². The highest BCUT2D eigenvalue weighted by atomic mass is 16.6. The first-order chi connectivity index (χ1) is 31.7. The molecule has 1 spiro atoms. The second-order valence-corrected chi connectivity index (χ2v) is 17.2. The van der Waals surface area contributed by atoms with E-state index in [9.17, 15) is 0 Å². The van der Waals surface area contributed by atoms with Crippen LogP contribution in [-0.2, 0) is 5.41 Å². The average molecular weight is 820 g/mol. The summed E-state index contributed by atoms with van der Waals surface area (Å²) in [5, 5.41) is 0. The molecule has 0 bridgehead atoms. The molecule has 0 N–H and O–H groups in total. The number of anilines is 3. The highest BCUT2D eigenvalue weighted by Crippen LogP contribution is 2.66. The lowest BCUT2D eigenvalue weighted by Gasteiger charge is -2.38. The summed E-state index contributed by atoms with van der Waals surface area (Å²) in [6.07, 6.45) is 4.68. The number of nitrogens with zero attached hydrogens (tertiary/aromatic N) is 1. The fraction of sp³-hybridized carbons (Fsp3) is 0.0492. The molecule has 302 valence electrons. The number of hydrogen-bond acceptors (Lipinski definition) is 3. The Morgan fingerprint density at radius 1 is 0.344 bits per heavy atom. The fourth-order valence-electron chi connectivity index (χ4n) is 11.0.